The number of rotatable bonds is 7. The number of halogens is 7. The maximum atomic E-state index is 13.2. The molecule has 0 fully saturated rings. The summed E-state index contributed by atoms with van der Waals surface area (Å²) in [5, 5.41) is 0.354. The van der Waals surface area contributed by atoms with Gasteiger partial charge in [0.05, 0.1) is 35.0 Å². The van der Waals surface area contributed by atoms with E-state index >= 15 is 0 Å². The molecule has 3 nitrogen and oxygen atoms in total. The zero-order chi connectivity index (χ0) is 28.3. The van der Waals surface area contributed by atoms with Crippen molar-refractivity contribution in [2.45, 2.75) is 45.8 Å². The Hall–Kier alpha value is -3.20. The molecule has 0 aliphatic heterocycles. The topological polar surface area (TPSA) is 30.8 Å². The summed E-state index contributed by atoms with van der Waals surface area (Å²) < 4.78 is 90.0. The summed E-state index contributed by atoms with van der Waals surface area (Å²) in [5.74, 6) is 0.959. The Morgan fingerprint density at radius 2 is 1.63 bits per heavy atom. The van der Waals surface area contributed by atoms with Gasteiger partial charge in [0.1, 0.15) is 18.1 Å². The molecule has 2 aromatic carbocycles. The van der Waals surface area contributed by atoms with E-state index in [9.17, 15) is 26.3 Å². The van der Waals surface area contributed by atoms with Gasteiger partial charge < -0.3 is 9.47 Å². The minimum atomic E-state index is -4.94. The molecule has 0 saturated carbocycles. The number of ether oxygens (including phenoxy) is 2. The zero-order valence-corrected chi connectivity index (χ0v) is 21.8. The molecule has 0 aromatic heterocycles. The van der Waals surface area contributed by atoms with Crippen molar-refractivity contribution < 1.29 is 35.8 Å². The lowest BCUT2D eigenvalue weighted by Gasteiger charge is -2.20. The Morgan fingerprint density at radius 1 is 1.00 bits per heavy atom. The fourth-order valence-corrected chi connectivity index (χ4v) is 3.97. The van der Waals surface area contributed by atoms with Crippen LogP contribution in [0.5, 0.6) is 5.75 Å². The van der Waals surface area contributed by atoms with Gasteiger partial charge in [-0.05, 0) is 74.0 Å². The summed E-state index contributed by atoms with van der Waals surface area (Å²) in [4.78, 5) is 4.86. The first-order chi connectivity index (χ1) is 17.7. The molecule has 0 saturated heterocycles. The molecular formula is C28H26ClF6NO2. The number of hydrogen-bond donors (Lipinski definition) is 0. The largest absolute Gasteiger partial charge is 0.497 e. The highest BCUT2D eigenvalue weighted by atomic mass is 35.5. The maximum Gasteiger partial charge on any atom is 0.416 e. The number of hydrogen-bond acceptors (Lipinski definition) is 3. The van der Waals surface area contributed by atoms with Crippen LogP contribution in [0.3, 0.4) is 0 Å². The molecule has 3 rings (SSSR count). The molecule has 0 bridgehead atoms. The Kier molecular flexibility index (Phi) is 9.02. The van der Waals surface area contributed by atoms with Crippen molar-refractivity contribution in [1.29, 1.82) is 0 Å². The van der Waals surface area contributed by atoms with E-state index in [1.165, 1.54) is 12.1 Å². The van der Waals surface area contributed by atoms with Crippen molar-refractivity contribution in [2.75, 3.05) is 7.11 Å². The van der Waals surface area contributed by atoms with Crippen molar-refractivity contribution in [3.63, 3.8) is 0 Å². The fourth-order valence-electron chi connectivity index (χ4n) is 3.76. The smallest absolute Gasteiger partial charge is 0.416 e. The third-order valence-corrected chi connectivity index (χ3v) is 5.97. The minimum Gasteiger partial charge on any atom is -0.497 e. The molecule has 0 N–H and O–H groups in total. The van der Waals surface area contributed by atoms with E-state index in [1.54, 1.807) is 13.2 Å². The normalized spacial score (nSPS) is 18.2. The van der Waals surface area contributed by atoms with Gasteiger partial charge in [-0.25, -0.2) is 0 Å². The summed E-state index contributed by atoms with van der Waals surface area (Å²) in [6.45, 7) is 5.25. The Labute approximate surface area is 222 Å². The van der Waals surface area contributed by atoms with Gasteiger partial charge in [-0.1, -0.05) is 30.2 Å². The standard InChI is InChI=1S/C28H26ClF6NO2/c1-16(2)9-26(36-25-8-6-21(37-4)10-17(25)3)23-14-22(5-7-24(23)29)38-15-18-11-19(27(30,31)32)13-20(12-18)28(33,34)35/h5-14,17,25H,15H2,1-4H3. The fraction of sp³-hybridized carbons (Fsp3) is 0.321. The Balaban J connectivity index is 1.93. The predicted octanol–water partition coefficient (Wildman–Crippen LogP) is 8.82. The lowest BCUT2D eigenvalue weighted by Crippen LogP contribution is -2.17. The van der Waals surface area contributed by atoms with E-state index in [2.05, 4.69) is 0 Å². The highest BCUT2D eigenvalue weighted by molar-refractivity contribution is 6.35. The number of nitrogens with zero attached hydrogens (tertiary/aromatic N) is 1. The van der Waals surface area contributed by atoms with Crippen molar-refractivity contribution in [1.82, 2.24) is 0 Å². The first kappa shape index (κ1) is 29.4. The van der Waals surface area contributed by atoms with Crippen LogP contribution < -0.4 is 4.74 Å². The first-order valence-corrected chi connectivity index (χ1v) is 11.9. The van der Waals surface area contributed by atoms with Gasteiger partial charge in [0.25, 0.3) is 0 Å². The molecule has 2 atom stereocenters. The monoisotopic (exact) mass is 557 g/mol. The number of alkyl halides is 6. The van der Waals surface area contributed by atoms with Crippen LogP contribution in [0.25, 0.3) is 0 Å². The second-order valence-electron chi connectivity index (χ2n) is 9.06. The van der Waals surface area contributed by atoms with Gasteiger partial charge in [-0.15, -0.1) is 0 Å². The molecule has 0 heterocycles. The summed E-state index contributed by atoms with van der Waals surface area (Å²) in [7, 11) is 1.58. The molecule has 1 aliphatic rings. The highest BCUT2D eigenvalue weighted by Crippen LogP contribution is 2.36. The van der Waals surface area contributed by atoms with Crippen LogP contribution in [0.1, 0.15) is 43.0 Å². The molecule has 10 heteroatoms. The highest BCUT2D eigenvalue weighted by Gasteiger charge is 2.37. The number of benzene rings is 2. The second-order valence-corrected chi connectivity index (χ2v) is 9.47. The number of aliphatic imine (C=N–C) groups is 1. The van der Waals surface area contributed by atoms with Crippen LogP contribution in [-0.2, 0) is 23.7 Å². The zero-order valence-electron chi connectivity index (χ0n) is 21.0. The van der Waals surface area contributed by atoms with Crippen LogP contribution >= 0.6 is 11.6 Å². The lowest BCUT2D eigenvalue weighted by atomic mass is 9.96. The molecule has 0 radical (unpaired) electrons. The Bertz CT molecular complexity index is 1250. The third-order valence-electron chi connectivity index (χ3n) is 5.64. The third kappa shape index (κ3) is 7.66. The van der Waals surface area contributed by atoms with Crippen LogP contribution in [-0.4, -0.2) is 18.9 Å². The van der Waals surface area contributed by atoms with Gasteiger partial charge in [-0.3, -0.25) is 4.99 Å². The van der Waals surface area contributed by atoms with Crippen LogP contribution in [0.15, 0.2) is 77.0 Å². The quantitative estimate of drug-likeness (QED) is 0.251. The van der Waals surface area contributed by atoms with Crippen molar-refractivity contribution in [2.24, 2.45) is 10.9 Å². The average molecular weight is 558 g/mol. The molecule has 0 spiro atoms. The lowest BCUT2D eigenvalue weighted by molar-refractivity contribution is -0.143. The van der Waals surface area contributed by atoms with E-state index in [1.807, 2.05) is 45.1 Å². The minimum absolute atomic E-state index is 0.0254. The molecule has 2 unspecified atom stereocenters. The van der Waals surface area contributed by atoms with Crippen LogP contribution in [0, 0.1) is 5.92 Å². The SMILES string of the molecule is COC1=CC(C)C(N=C(C=C(C)C)c2cc(OCc3cc(C(F)(F)F)cc(C(F)(F)F)c3)ccc2Cl)C=C1. The van der Waals surface area contributed by atoms with Crippen LogP contribution in [0.2, 0.25) is 5.02 Å². The van der Waals surface area contributed by atoms with Crippen molar-refractivity contribution in [3.8, 4) is 5.75 Å². The van der Waals surface area contributed by atoms with Crippen LogP contribution in [0.4, 0.5) is 26.3 Å². The van der Waals surface area contributed by atoms with E-state index in [4.69, 9.17) is 26.1 Å². The molecule has 204 valence electrons. The van der Waals surface area contributed by atoms with Crippen molar-refractivity contribution in [3.05, 3.63) is 99.3 Å². The summed E-state index contributed by atoms with van der Waals surface area (Å²) in [6.07, 6.45) is -2.38. The average Bonchev–Trinajstić information content (AvgIpc) is 2.82. The number of methoxy groups -OCH3 is 1. The van der Waals surface area contributed by atoms with Gasteiger partial charge in [0, 0.05) is 11.5 Å². The van der Waals surface area contributed by atoms with E-state index in [-0.39, 0.29) is 29.3 Å². The summed E-state index contributed by atoms with van der Waals surface area (Å²) in [6, 6.07) is 5.73. The van der Waals surface area contributed by atoms with Crippen molar-refractivity contribution >= 4 is 17.3 Å². The molecule has 1 aliphatic carbocycles. The maximum absolute atomic E-state index is 13.2. The van der Waals surface area contributed by atoms with Gasteiger partial charge in [0.2, 0.25) is 0 Å². The molecule has 0 amide bonds. The first-order valence-electron chi connectivity index (χ1n) is 11.5. The van der Waals surface area contributed by atoms with Gasteiger partial charge in [-0.2, -0.15) is 26.3 Å². The van der Waals surface area contributed by atoms with E-state index in [0.717, 1.165) is 11.3 Å². The van der Waals surface area contributed by atoms with Gasteiger partial charge in [0.15, 0.2) is 0 Å². The van der Waals surface area contributed by atoms with Gasteiger partial charge >= 0.3 is 12.4 Å². The van der Waals surface area contributed by atoms with E-state index in [0.29, 0.717) is 28.4 Å². The predicted molar refractivity (Wildman–Crippen MR) is 135 cm³/mol. The van der Waals surface area contributed by atoms with E-state index < -0.39 is 30.1 Å². The number of allylic oxidation sites excluding steroid dienone is 3. The molecular weight excluding hydrogens is 532 g/mol. The summed E-state index contributed by atoms with van der Waals surface area (Å²) in [5.41, 5.74) is -1.08. The molecule has 2 aromatic rings. The summed E-state index contributed by atoms with van der Waals surface area (Å²) >= 11 is 6.47. The Morgan fingerprint density at radius 3 is 2.16 bits per heavy atom. The second kappa shape index (κ2) is 11.7. The molecule has 38 heavy (non-hydrogen) atoms.